The van der Waals surface area contributed by atoms with Crippen LogP contribution in [0.15, 0.2) is 48.5 Å². The first-order valence-corrected chi connectivity index (χ1v) is 10.5. The van der Waals surface area contributed by atoms with E-state index in [1.165, 1.54) is 31.4 Å². The summed E-state index contributed by atoms with van der Waals surface area (Å²) in [5.74, 6) is -1.49. The van der Waals surface area contributed by atoms with Gasteiger partial charge < -0.3 is 24.6 Å². The number of nitrogens with zero attached hydrogens (tertiary/aromatic N) is 1. The summed E-state index contributed by atoms with van der Waals surface area (Å²) in [6.07, 6.45) is -3.76. The molecule has 0 spiro atoms. The molecule has 4 rings (SSSR count). The summed E-state index contributed by atoms with van der Waals surface area (Å²) in [5, 5.41) is 12.2. The molecule has 0 fully saturated rings. The molecule has 2 N–H and O–H groups in total. The van der Waals surface area contributed by atoms with Gasteiger partial charge in [0.25, 0.3) is 0 Å². The highest BCUT2D eigenvalue weighted by Crippen LogP contribution is 2.43. The average Bonchev–Trinajstić information content (AvgIpc) is 3.12. The van der Waals surface area contributed by atoms with Crippen molar-refractivity contribution in [1.82, 2.24) is 4.98 Å². The Morgan fingerprint density at radius 1 is 1.09 bits per heavy atom. The predicted molar refractivity (Wildman–Crippen MR) is 122 cm³/mol. The van der Waals surface area contributed by atoms with E-state index in [4.69, 9.17) is 4.74 Å². The molecule has 0 saturated carbocycles. The second kappa shape index (κ2) is 8.53. The van der Waals surface area contributed by atoms with Crippen LogP contribution in [0.5, 0.6) is 17.2 Å². The molecule has 3 aromatic rings. The van der Waals surface area contributed by atoms with Gasteiger partial charge in [-0.15, -0.1) is 8.78 Å². The van der Waals surface area contributed by atoms with Crippen LogP contribution in [0.25, 0.3) is 11.3 Å². The van der Waals surface area contributed by atoms with Gasteiger partial charge in [0.05, 0.1) is 18.2 Å². The Hall–Kier alpha value is -4.21. The zero-order valence-corrected chi connectivity index (χ0v) is 19.3. The summed E-state index contributed by atoms with van der Waals surface area (Å²) in [4.78, 5) is 29.3. The lowest BCUT2D eigenvalue weighted by molar-refractivity contribution is -0.286. The van der Waals surface area contributed by atoms with E-state index in [1.807, 2.05) is 0 Å². The van der Waals surface area contributed by atoms with Gasteiger partial charge in [0.1, 0.15) is 17.1 Å². The van der Waals surface area contributed by atoms with Crippen LogP contribution in [0.2, 0.25) is 0 Å². The largest absolute Gasteiger partial charge is 0.586 e. The van der Waals surface area contributed by atoms with Gasteiger partial charge in [0.15, 0.2) is 11.5 Å². The van der Waals surface area contributed by atoms with E-state index in [1.54, 1.807) is 45.0 Å². The van der Waals surface area contributed by atoms with Crippen LogP contribution >= 0.6 is 0 Å². The maximum atomic E-state index is 13.4. The number of aromatic carboxylic acids is 1. The number of alkyl halides is 2. The van der Waals surface area contributed by atoms with E-state index in [0.29, 0.717) is 16.8 Å². The number of carboxylic acid groups (broad SMARTS) is 1. The van der Waals surface area contributed by atoms with Crippen LogP contribution in [0, 0.1) is 6.92 Å². The van der Waals surface area contributed by atoms with E-state index in [2.05, 4.69) is 19.8 Å². The number of fused-ring (bicyclic) bond motifs is 1. The van der Waals surface area contributed by atoms with E-state index in [0.717, 1.165) is 5.56 Å². The number of para-hydroxylation sites is 1. The highest BCUT2D eigenvalue weighted by molar-refractivity contribution is 5.98. The van der Waals surface area contributed by atoms with Gasteiger partial charge in [-0.2, -0.15) is 0 Å². The highest BCUT2D eigenvalue weighted by atomic mass is 19.3. The third kappa shape index (κ3) is 4.46. The van der Waals surface area contributed by atoms with Crippen molar-refractivity contribution < 1.29 is 37.7 Å². The number of amides is 1. The number of carboxylic acids is 1. The van der Waals surface area contributed by atoms with Crippen molar-refractivity contribution in [2.45, 2.75) is 32.5 Å². The Morgan fingerprint density at radius 2 is 1.80 bits per heavy atom. The van der Waals surface area contributed by atoms with Gasteiger partial charge >= 0.3 is 12.3 Å². The van der Waals surface area contributed by atoms with Gasteiger partial charge in [-0.1, -0.05) is 18.2 Å². The van der Waals surface area contributed by atoms with Gasteiger partial charge in [-0.05, 0) is 62.2 Å². The van der Waals surface area contributed by atoms with Crippen molar-refractivity contribution in [2.75, 3.05) is 12.4 Å². The number of carbonyl (C=O) groups excluding carboxylic acids is 1. The summed E-state index contributed by atoms with van der Waals surface area (Å²) in [7, 11) is 1.37. The van der Waals surface area contributed by atoms with Crippen molar-refractivity contribution in [2.24, 2.45) is 0 Å². The Labute approximate surface area is 199 Å². The maximum Gasteiger partial charge on any atom is 0.586 e. The van der Waals surface area contributed by atoms with E-state index in [-0.39, 0.29) is 28.6 Å². The highest BCUT2D eigenvalue weighted by Gasteiger charge is 2.44. The second-order valence-corrected chi connectivity index (χ2v) is 8.46. The molecule has 182 valence electrons. The molecule has 2 aromatic carbocycles. The van der Waals surface area contributed by atoms with Crippen LogP contribution in [-0.2, 0) is 10.2 Å². The van der Waals surface area contributed by atoms with E-state index >= 15 is 0 Å². The number of benzene rings is 2. The molecule has 0 atom stereocenters. The maximum absolute atomic E-state index is 13.4. The number of anilines is 1. The number of pyridine rings is 1. The number of rotatable bonds is 6. The number of aryl methyl sites for hydroxylation is 1. The summed E-state index contributed by atoms with van der Waals surface area (Å²) in [6, 6.07) is 12.2. The topological polar surface area (TPSA) is 107 Å². The molecule has 10 heteroatoms. The Bertz CT molecular complexity index is 1340. The Balaban J connectivity index is 1.64. The zero-order chi connectivity index (χ0) is 25.5. The zero-order valence-electron chi connectivity index (χ0n) is 19.3. The minimum atomic E-state index is -3.76. The minimum absolute atomic E-state index is 0.0184. The SMILES string of the molecule is COc1c(C(=O)O)cccc1-c1nc(NC(=O)C(C)(C)c2ccc3c(c2)OC(F)(F)O3)ccc1C. The molecule has 1 amide bonds. The van der Waals surface area contributed by atoms with E-state index < -0.39 is 23.6 Å². The Kier molecular flexibility index (Phi) is 5.84. The number of hydrogen-bond donors (Lipinski definition) is 2. The Morgan fingerprint density at radius 3 is 2.49 bits per heavy atom. The number of methoxy groups -OCH3 is 1. The number of nitrogens with one attached hydrogen (secondary N) is 1. The molecule has 35 heavy (non-hydrogen) atoms. The van der Waals surface area contributed by atoms with Gasteiger partial charge in [0, 0.05) is 5.56 Å². The lowest BCUT2D eigenvalue weighted by Gasteiger charge is -2.24. The number of hydrogen-bond acceptors (Lipinski definition) is 6. The van der Waals surface area contributed by atoms with Crippen molar-refractivity contribution in [3.05, 3.63) is 65.2 Å². The first kappa shape index (κ1) is 23.9. The van der Waals surface area contributed by atoms with Crippen LogP contribution in [-0.4, -0.2) is 35.4 Å². The standard InChI is InChI=1S/C25H22F2N2O6/c1-13-8-11-19(28-20(13)15-6-5-7-16(22(30)31)21(15)33-4)29-23(32)24(2,3)14-9-10-17-18(12-14)35-25(26,27)34-17/h5-12H,1-4H3,(H,30,31)(H,28,29,32). The third-order valence-corrected chi connectivity index (χ3v) is 5.73. The molecular formula is C25H22F2N2O6. The van der Waals surface area contributed by atoms with E-state index in [9.17, 15) is 23.5 Å². The summed E-state index contributed by atoms with van der Waals surface area (Å²) in [6.45, 7) is 5.06. The number of ether oxygens (including phenoxy) is 3. The van der Waals surface area contributed by atoms with Crippen LogP contribution in [0.3, 0.4) is 0 Å². The molecule has 1 aliphatic rings. The monoisotopic (exact) mass is 484 g/mol. The molecule has 0 bridgehead atoms. The molecule has 8 nitrogen and oxygen atoms in total. The van der Waals surface area contributed by atoms with Gasteiger partial charge in [0.2, 0.25) is 5.91 Å². The van der Waals surface area contributed by atoms with Crippen molar-refractivity contribution >= 4 is 17.7 Å². The van der Waals surface area contributed by atoms with Crippen LogP contribution in [0.1, 0.15) is 35.3 Å². The first-order chi connectivity index (χ1) is 16.4. The van der Waals surface area contributed by atoms with Gasteiger partial charge in [-0.3, -0.25) is 4.79 Å². The lowest BCUT2D eigenvalue weighted by Crippen LogP contribution is -2.35. The molecule has 0 radical (unpaired) electrons. The smallest absolute Gasteiger partial charge is 0.495 e. The summed E-state index contributed by atoms with van der Waals surface area (Å²) >= 11 is 0. The third-order valence-electron chi connectivity index (χ3n) is 5.73. The van der Waals surface area contributed by atoms with Crippen molar-refractivity contribution in [3.63, 3.8) is 0 Å². The minimum Gasteiger partial charge on any atom is -0.495 e. The molecule has 2 heterocycles. The summed E-state index contributed by atoms with van der Waals surface area (Å²) in [5.41, 5.74) is 0.889. The fraction of sp³-hybridized carbons (Fsp3) is 0.240. The number of aromatic nitrogens is 1. The van der Waals surface area contributed by atoms with Crippen LogP contribution < -0.4 is 19.5 Å². The van der Waals surface area contributed by atoms with Crippen molar-refractivity contribution in [1.29, 1.82) is 0 Å². The number of halogens is 2. The van der Waals surface area contributed by atoms with Crippen molar-refractivity contribution in [3.8, 4) is 28.5 Å². The molecule has 1 aromatic heterocycles. The fourth-order valence-electron chi connectivity index (χ4n) is 3.72. The second-order valence-electron chi connectivity index (χ2n) is 8.46. The molecule has 0 aliphatic carbocycles. The normalized spacial score (nSPS) is 13.9. The number of carbonyl (C=O) groups is 2. The molecule has 0 saturated heterocycles. The molecule has 1 aliphatic heterocycles. The lowest BCUT2D eigenvalue weighted by atomic mass is 9.83. The van der Waals surface area contributed by atoms with Gasteiger partial charge in [-0.25, -0.2) is 9.78 Å². The quantitative estimate of drug-likeness (QED) is 0.507. The predicted octanol–water partition coefficient (Wildman–Crippen LogP) is 5.00. The molecule has 0 unspecified atom stereocenters. The molecular weight excluding hydrogens is 462 g/mol. The average molecular weight is 484 g/mol. The first-order valence-electron chi connectivity index (χ1n) is 10.5. The van der Waals surface area contributed by atoms with Crippen LogP contribution in [0.4, 0.5) is 14.6 Å². The summed E-state index contributed by atoms with van der Waals surface area (Å²) < 4.78 is 41.0. The fourth-order valence-corrected chi connectivity index (χ4v) is 3.72.